The molecule has 1 heterocycles. The predicted octanol–water partition coefficient (Wildman–Crippen LogP) is 2.25. The van der Waals surface area contributed by atoms with E-state index in [1.165, 1.54) is 0 Å². The molecule has 0 aliphatic carbocycles. The van der Waals surface area contributed by atoms with E-state index in [4.69, 9.17) is 11.2 Å². The highest BCUT2D eigenvalue weighted by molar-refractivity contribution is 9.10. The van der Waals surface area contributed by atoms with Crippen LogP contribution in [0.15, 0.2) is 28.7 Å². The molecule has 0 radical (unpaired) electrons. The number of amides is 1. The Balaban J connectivity index is 2.31. The Bertz CT molecular complexity index is 484. The highest BCUT2D eigenvalue weighted by Gasteiger charge is 2.41. The lowest BCUT2D eigenvalue weighted by Crippen LogP contribution is -2.48. The molecule has 1 fully saturated rings. The van der Waals surface area contributed by atoms with Gasteiger partial charge in [0.05, 0.1) is 12.0 Å². The van der Waals surface area contributed by atoms with E-state index in [1.807, 2.05) is 24.3 Å². The van der Waals surface area contributed by atoms with Crippen LogP contribution in [0.25, 0.3) is 0 Å². The van der Waals surface area contributed by atoms with Crippen molar-refractivity contribution in [3.05, 3.63) is 34.3 Å². The van der Waals surface area contributed by atoms with E-state index in [9.17, 15) is 4.79 Å². The lowest BCUT2D eigenvalue weighted by Gasteiger charge is -2.36. The van der Waals surface area contributed by atoms with Gasteiger partial charge in [0.15, 0.2) is 0 Å². The minimum atomic E-state index is -0.518. The second kappa shape index (κ2) is 6.23. The van der Waals surface area contributed by atoms with Crippen molar-refractivity contribution in [3.63, 3.8) is 0 Å². The summed E-state index contributed by atoms with van der Waals surface area (Å²) in [5.41, 5.74) is 0.504. The predicted molar refractivity (Wildman–Crippen MR) is 77.7 cm³/mol. The molecule has 0 atom stereocenters. The molecule has 2 rings (SSSR count). The van der Waals surface area contributed by atoms with Crippen LogP contribution in [0, 0.1) is 12.3 Å². The second-order valence-corrected chi connectivity index (χ2v) is 5.50. The summed E-state index contributed by atoms with van der Waals surface area (Å²) >= 11 is 3.41. The zero-order chi connectivity index (χ0) is 13.7. The zero-order valence-electron chi connectivity index (χ0n) is 10.6. The van der Waals surface area contributed by atoms with Gasteiger partial charge >= 0.3 is 0 Å². The maximum atomic E-state index is 12.5. The van der Waals surface area contributed by atoms with Gasteiger partial charge in [-0.1, -0.05) is 34.0 Å². The summed E-state index contributed by atoms with van der Waals surface area (Å²) in [7, 11) is 0. The molecule has 3 nitrogen and oxygen atoms in total. The number of carbonyl (C=O) groups is 1. The summed E-state index contributed by atoms with van der Waals surface area (Å²) < 4.78 is 6.40. The van der Waals surface area contributed by atoms with Gasteiger partial charge in [0.25, 0.3) is 0 Å². The van der Waals surface area contributed by atoms with Crippen molar-refractivity contribution < 1.29 is 9.53 Å². The second-order valence-electron chi connectivity index (χ2n) is 4.59. The van der Waals surface area contributed by atoms with Crippen LogP contribution in [-0.4, -0.2) is 25.7 Å². The fourth-order valence-corrected chi connectivity index (χ4v) is 2.70. The van der Waals surface area contributed by atoms with Crippen molar-refractivity contribution in [2.75, 3.05) is 19.8 Å². The third kappa shape index (κ3) is 2.99. The summed E-state index contributed by atoms with van der Waals surface area (Å²) in [5, 5.41) is 2.81. The molecule has 1 aliphatic heterocycles. The number of terminal acetylenes is 1. The van der Waals surface area contributed by atoms with Crippen molar-refractivity contribution in [2.24, 2.45) is 0 Å². The van der Waals surface area contributed by atoms with Crippen LogP contribution in [0.2, 0.25) is 0 Å². The van der Waals surface area contributed by atoms with Crippen LogP contribution in [0.5, 0.6) is 0 Å². The van der Waals surface area contributed by atoms with Gasteiger partial charge in [-0.25, -0.2) is 0 Å². The van der Waals surface area contributed by atoms with Crippen molar-refractivity contribution >= 4 is 21.8 Å². The van der Waals surface area contributed by atoms with Crippen molar-refractivity contribution in [3.8, 4) is 12.3 Å². The number of hydrogen-bond donors (Lipinski definition) is 1. The number of ether oxygens (including phenoxy) is 1. The Morgan fingerprint density at radius 1 is 1.37 bits per heavy atom. The van der Waals surface area contributed by atoms with Gasteiger partial charge in [-0.15, -0.1) is 6.42 Å². The summed E-state index contributed by atoms with van der Waals surface area (Å²) in [5.74, 6) is 2.44. The van der Waals surface area contributed by atoms with Gasteiger partial charge in [0.1, 0.15) is 0 Å². The largest absolute Gasteiger partial charge is 0.381 e. The molecule has 1 saturated heterocycles. The molecule has 0 bridgehead atoms. The highest BCUT2D eigenvalue weighted by Crippen LogP contribution is 2.35. The smallest absolute Gasteiger partial charge is 0.231 e. The van der Waals surface area contributed by atoms with Crippen molar-refractivity contribution in [1.29, 1.82) is 0 Å². The van der Waals surface area contributed by atoms with Gasteiger partial charge < -0.3 is 10.1 Å². The first-order valence-corrected chi connectivity index (χ1v) is 7.04. The summed E-state index contributed by atoms with van der Waals surface area (Å²) in [6.45, 7) is 1.46. The summed E-state index contributed by atoms with van der Waals surface area (Å²) in [4.78, 5) is 12.5. The van der Waals surface area contributed by atoms with Crippen molar-refractivity contribution in [2.45, 2.75) is 18.3 Å². The van der Waals surface area contributed by atoms with E-state index in [0.717, 1.165) is 10.0 Å². The molecule has 100 valence electrons. The SMILES string of the molecule is C#CCNC(=O)C1(c2ccc(Br)cc2)CCOCC1. The fourth-order valence-electron chi connectivity index (χ4n) is 2.44. The van der Waals surface area contributed by atoms with Crippen LogP contribution in [0.1, 0.15) is 18.4 Å². The Morgan fingerprint density at radius 3 is 2.58 bits per heavy atom. The number of halogens is 1. The quantitative estimate of drug-likeness (QED) is 0.867. The Kier molecular flexibility index (Phi) is 4.62. The lowest BCUT2D eigenvalue weighted by atomic mass is 9.73. The van der Waals surface area contributed by atoms with Gasteiger partial charge in [0.2, 0.25) is 5.91 Å². The van der Waals surface area contributed by atoms with Crippen LogP contribution in [-0.2, 0) is 14.9 Å². The van der Waals surface area contributed by atoms with Crippen LogP contribution in [0.4, 0.5) is 0 Å². The Labute approximate surface area is 121 Å². The van der Waals surface area contributed by atoms with Gasteiger partial charge in [-0.3, -0.25) is 4.79 Å². The van der Waals surface area contributed by atoms with E-state index >= 15 is 0 Å². The molecule has 1 aliphatic rings. The van der Waals surface area contributed by atoms with E-state index < -0.39 is 5.41 Å². The minimum absolute atomic E-state index is 0.00364. The van der Waals surface area contributed by atoms with Crippen LogP contribution in [0.3, 0.4) is 0 Å². The maximum Gasteiger partial charge on any atom is 0.231 e. The fraction of sp³-hybridized carbons (Fsp3) is 0.400. The molecular weight excluding hydrogens is 306 g/mol. The normalized spacial score (nSPS) is 17.5. The van der Waals surface area contributed by atoms with Crippen LogP contribution >= 0.6 is 15.9 Å². The van der Waals surface area contributed by atoms with E-state index in [0.29, 0.717) is 26.1 Å². The molecule has 1 aromatic carbocycles. The molecule has 19 heavy (non-hydrogen) atoms. The van der Waals surface area contributed by atoms with Gasteiger partial charge in [-0.05, 0) is 30.5 Å². The average Bonchev–Trinajstić information content (AvgIpc) is 2.46. The minimum Gasteiger partial charge on any atom is -0.381 e. The number of carbonyl (C=O) groups excluding carboxylic acids is 1. The molecule has 4 heteroatoms. The van der Waals surface area contributed by atoms with E-state index in [2.05, 4.69) is 27.2 Å². The summed E-state index contributed by atoms with van der Waals surface area (Å²) in [6, 6.07) is 7.90. The number of nitrogens with one attached hydrogen (secondary N) is 1. The first-order chi connectivity index (χ1) is 9.19. The monoisotopic (exact) mass is 321 g/mol. The average molecular weight is 322 g/mol. The Morgan fingerprint density at radius 2 is 2.00 bits per heavy atom. The molecule has 1 aromatic rings. The standard InChI is InChI=1S/C15H16BrNO2/c1-2-9-17-14(18)15(7-10-19-11-8-15)12-3-5-13(16)6-4-12/h1,3-6H,7-11H2,(H,17,18). The topological polar surface area (TPSA) is 38.3 Å². The molecule has 0 saturated carbocycles. The third-order valence-corrected chi connectivity index (χ3v) is 4.06. The van der Waals surface area contributed by atoms with Crippen molar-refractivity contribution in [1.82, 2.24) is 5.32 Å². The van der Waals surface area contributed by atoms with Crippen LogP contribution < -0.4 is 5.32 Å². The maximum absolute atomic E-state index is 12.5. The molecule has 0 spiro atoms. The van der Waals surface area contributed by atoms with Gasteiger partial charge in [-0.2, -0.15) is 0 Å². The number of hydrogen-bond acceptors (Lipinski definition) is 2. The molecule has 1 N–H and O–H groups in total. The first kappa shape index (κ1) is 14.1. The Hall–Kier alpha value is -1.31. The first-order valence-electron chi connectivity index (χ1n) is 6.24. The van der Waals surface area contributed by atoms with Gasteiger partial charge in [0, 0.05) is 17.7 Å². The molecule has 1 amide bonds. The lowest BCUT2D eigenvalue weighted by molar-refractivity contribution is -0.130. The number of rotatable bonds is 3. The number of benzene rings is 1. The molecular formula is C15H16BrNO2. The third-order valence-electron chi connectivity index (χ3n) is 3.53. The molecule has 0 unspecified atom stereocenters. The molecule has 0 aromatic heterocycles. The van der Waals surface area contributed by atoms with E-state index in [-0.39, 0.29) is 12.5 Å². The highest BCUT2D eigenvalue weighted by atomic mass is 79.9. The zero-order valence-corrected chi connectivity index (χ0v) is 12.2. The van der Waals surface area contributed by atoms with E-state index in [1.54, 1.807) is 0 Å². The summed E-state index contributed by atoms with van der Waals surface area (Å²) in [6.07, 6.45) is 6.58.